The maximum atomic E-state index is 12.6. The molecule has 6 heteroatoms. The summed E-state index contributed by atoms with van der Waals surface area (Å²) in [6.07, 6.45) is 3.10. The van der Waals surface area contributed by atoms with Crippen LogP contribution in [-0.4, -0.2) is 59.8 Å². The van der Waals surface area contributed by atoms with E-state index in [0.717, 1.165) is 19.3 Å². The first-order valence-corrected chi connectivity index (χ1v) is 11.5. The molecule has 2 aromatic carbocycles. The molecule has 0 aliphatic heterocycles. The maximum Gasteiger partial charge on any atom is 0.323 e. The van der Waals surface area contributed by atoms with E-state index in [4.69, 9.17) is 4.74 Å². The van der Waals surface area contributed by atoms with Gasteiger partial charge < -0.3 is 15.2 Å². The molecular formula is C26H34N2O4. The van der Waals surface area contributed by atoms with Gasteiger partial charge in [-0.15, -0.1) is 0 Å². The van der Waals surface area contributed by atoms with Crippen LogP contribution in [0.4, 0.5) is 0 Å². The number of carboxylic acid groups (broad SMARTS) is 1. The van der Waals surface area contributed by atoms with Gasteiger partial charge in [-0.25, -0.2) is 0 Å². The van der Waals surface area contributed by atoms with Gasteiger partial charge in [0.2, 0.25) is 0 Å². The second kappa shape index (κ2) is 11.8. The van der Waals surface area contributed by atoms with Crippen molar-refractivity contribution in [1.29, 1.82) is 0 Å². The molecule has 0 unspecified atom stereocenters. The highest BCUT2D eigenvalue weighted by molar-refractivity contribution is 5.75. The molecule has 32 heavy (non-hydrogen) atoms. The molecule has 2 N–H and O–H groups in total. The number of carbonyl (C=O) groups is 2. The van der Waals surface area contributed by atoms with Gasteiger partial charge in [-0.2, -0.15) is 0 Å². The lowest BCUT2D eigenvalue weighted by Gasteiger charge is -2.31. The van der Waals surface area contributed by atoms with Gasteiger partial charge in [-0.1, -0.05) is 54.6 Å². The third kappa shape index (κ3) is 6.90. The van der Waals surface area contributed by atoms with Crippen molar-refractivity contribution in [2.75, 3.05) is 19.7 Å². The molecule has 6 nitrogen and oxygen atoms in total. The predicted octanol–water partition coefficient (Wildman–Crippen LogP) is 3.08. The molecule has 1 aliphatic rings. The molecular weight excluding hydrogens is 404 g/mol. The Kier molecular flexibility index (Phi) is 8.82. The van der Waals surface area contributed by atoms with Gasteiger partial charge in [-0.05, 0) is 56.2 Å². The number of ether oxygens (including phenoxy) is 1. The number of aliphatic carboxylic acids is 1. The van der Waals surface area contributed by atoms with Crippen molar-refractivity contribution >= 4 is 11.9 Å². The van der Waals surface area contributed by atoms with Gasteiger partial charge in [-0.3, -0.25) is 14.5 Å². The summed E-state index contributed by atoms with van der Waals surface area (Å²) in [5, 5.41) is 12.9. The lowest BCUT2D eigenvalue weighted by molar-refractivity contribution is -0.146. The van der Waals surface area contributed by atoms with Gasteiger partial charge in [0.05, 0.1) is 13.2 Å². The standard InChI is InChI=1S/C26H34N2O4/c1-3-32-26(31)24(14-13-20-9-5-4-6-10-20)27-19(2)17-28(18-25(29)30)23-15-21-11-7-8-12-22(21)16-23/h4-12,19,23-24,27H,3,13-18H2,1-2H3,(H,29,30)/t19-,24-/m0/s1. The first kappa shape index (κ1) is 24.0. The van der Waals surface area contributed by atoms with Gasteiger partial charge in [0.15, 0.2) is 0 Å². The summed E-state index contributed by atoms with van der Waals surface area (Å²) >= 11 is 0. The third-order valence-electron chi connectivity index (χ3n) is 6.01. The second-order valence-corrected chi connectivity index (χ2v) is 8.55. The summed E-state index contributed by atoms with van der Waals surface area (Å²) in [6.45, 7) is 4.68. The second-order valence-electron chi connectivity index (χ2n) is 8.55. The molecule has 0 amide bonds. The quantitative estimate of drug-likeness (QED) is 0.496. The van der Waals surface area contributed by atoms with Crippen LogP contribution in [0.25, 0.3) is 0 Å². The number of carboxylic acids is 1. The summed E-state index contributed by atoms with van der Waals surface area (Å²) < 4.78 is 5.30. The molecule has 172 valence electrons. The van der Waals surface area contributed by atoms with E-state index < -0.39 is 12.0 Å². The minimum absolute atomic E-state index is 0.0151. The number of carbonyl (C=O) groups excluding carboxylic acids is 1. The molecule has 0 saturated carbocycles. The number of nitrogens with one attached hydrogen (secondary N) is 1. The molecule has 2 atom stereocenters. The fraction of sp³-hybridized carbons (Fsp3) is 0.462. The smallest absolute Gasteiger partial charge is 0.323 e. The average Bonchev–Trinajstić information content (AvgIpc) is 3.21. The Morgan fingerprint density at radius 2 is 1.72 bits per heavy atom. The molecule has 0 saturated heterocycles. The van der Waals surface area contributed by atoms with Crippen LogP contribution in [0.5, 0.6) is 0 Å². The maximum absolute atomic E-state index is 12.6. The molecule has 0 radical (unpaired) electrons. The molecule has 0 aromatic heterocycles. The van der Waals surface area contributed by atoms with E-state index in [1.54, 1.807) is 0 Å². The number of aryl methyl sites for hydroxylation is 1. The third-order valence-corrected chi connectivity index (χ3v) is 6.01. The van der Waals surface area contributed by atoms with Gasteiger partial charge in [0, 0.05) is 18.6 Å². The van der Waals surface area contributed by atoms with E-state index >= 15 is 0 Å². The Labute approximate surface area is 190 Å². The van der Waals surface area contributed by atoms with Crippen LogP contribution >= 0.6 is 0 Å². The van der Waals surface area contributed by atoms with Gasteiger partial charge in [0.25, 0.3) is 0 Å². The Hall–Kier alpha value is -2.70. The van der Waals surface area contributed by atoms with Crippen molar-refractivity contribution in [3.63, 3.8) is 0 Å². The summed E-state index contributed by atoms with van der Waals surface area (Å²) in [7, 11) is 0. The van der Waals surface area contributed by atoms with Crippen LogP contribution in [0.15, 0.2) is 54.6 Å². The Morgan fingerprint density at radius 1 is 1.09 bits per heavy atom. The number of benzene rings is 2. The summed E-state index contributed by atoms with van der Waals surface area (Å²) in [6, 6.07) is 18.0. The monoisotopic (exact) mass is 438 g/mol. The van der Waals surface area contributed by atoms with Crippen LogP contribution in [0, 0.1) is 0 Å². The number of rotatable bonds is 12. The highest BCUT2D eigenvalue weighted by atomic mass is 16.5. The van der Waals surface area contributed by atoms with Gasteiger partial charge in [0.1, 0.15) is 6.04 Å². The zero-order valence-electron chi connectivity index (χ0n) is 19.0. The number of hydrogen-bond acceptors (Lipinski definition) is 5. The predicted molar refractivity (Wildman–Crippen MR) is 125 cm³/mol. The highest BCUT2D eigenvalue weighted by Crippen LogP contribution is 2.25. The summed E-state index contributed by atoms with van der Waals surface area (Å²) in [5.74, 6) is -1.09. The van der Waals surface area contributed by atoms with E-state index in [1.165, 1.54) is 16.7 Å². The van der Waals surface area contributed by atoms with E-state index in [1.807, 2.05) is 49.1 Å². The molecule has 0 spiro atoms. The molecule has 1 aliphatic carbocycles. The number of hydrogen-bond donors (Lipinski definition) is 2. The van der Waals surface area contributed by atoms with Crippen molar-refractivity contribution < 1.29 is 19.4 Å². The lowest BCUT2D eigenvalue weighted by atomic mass is 10.0. The van der Waals surface area contributed by atoms with Crippen LogP contribution in [-0.2, 0) is 33.6 Å². The van der Waals surface area contributed by atoms with E-state index in [9.17, 15) is 14.7 Å². The number of esters is 1. The first-order valence-electron chi connectivity index (χ1n) is 11.5. The van der Waals surface area contributed by atoms with Crippen molar-refractivity contribution in [3.8, 4) is 0 Å². The zero-order chi connectivity index (χ0) is 22.9. The molecule has 3 rings (SSSR count). The normalized spacial score (nSPS) is 15.3. The first-order chi connectivity index (χ1) is 15.5. The van der Waals surface area contributed by atoms with E-state index in [0.29, 0.717) is 19.6 Å². The van der Waals surface area contributed by atoms with Crippen LogP contribution in [0.1, 0.15) is 37.0 Å². The van der Waals surface area contributed by atoms with Gasteiger partial charge >= 0.3 is 11.9 Å². The fourth-order valence-corrected chi connectivity index (χ4v) is 4.53. The van der Waals surface area contributed by atoms with Crippen molar-refractivity contribution in [2.45, 2.75) is 57.7 Å². The van der Waals surface area contributed by atoms with Crippen LogP contribution in [0.3, 0.4) is 0 Å². The molecule has 0 bridgehead atoms. The number of nitrogens with zero attached hydrogens (tertiary/aromatic N) is 1. The zero-order valence-corrected chi connectivity index (χ0v) is 19.0. The topological polar surface area (TPSA) is 78.9 Å². The highest BCUT2D eigenvalue weighted by Gasteiger charge is 2.30. The Bertz CT molecular complexity index is 861. The Balaban J connectivity index is 1.63. The fourth-order valence-electron chi connectivity index (χ4n) is 4.53. The minimum atomic E-state index is -0.834. The van der Waals surface area contributed by atoms with Crippen molar-refractivity contribution in [2.24, 2.45) is 0 Å². The average molecular weight is 439 g/mol. The molecule has 0 fully saturated rings. The summed E-state index contributed by atoms with van der Waals surface area (Å²) in [5.41, 5.74) is 3.76. The van der Waals surface area contributed by atoms with E-state index in [2.05, 4.69) is 29.6 Å². The summed E-state index contributed by atoms with van der Waals surface area (Å²) in [4.78, 5) is 26.2. The van der Waals surface area contributed by atoms with Crippen LogP contribution in [0.2, 0.25) is 0 Å². The Morgan fingerprint density at radius 3 is 2.31 bits per heavy atom. The van der Waals surface area contributed by atoms with Crippen molar-refractivity contribution in [1.82, 2.24) is 10.2 Å². The SMILES string of the molecule is CCOC(=O)[C@H](CCc1ccccc1)N[C@@H](C)CN(CC(=O)O)C1Cc2ccccc2C1. The van der Waals surface area contributed by atoms with Crippen LogP contribution < -0.4 is 5.32 Å². The molecule has 0 heterocycles. The molecule has 2 aromatic rings. The van der Waals surface area contributed by atoms with Crippen molar-refractivity contribution in [3.05, 3.63) is 71.3 Å². The largest absolute Gasteiger partial charge is 0.480 e. The van der Waals surface area contributed by atoms with E-state index in [-0.39, 0.29) is 24.6 Å². The minimum Gasteiger partial charge on any atom is -0.480 e. The lowest BCUT2D eigenvalue weighted by Crippen LogP contribution is -2.51. The number of fused-ring (bicyclic) bond motifs is 1.